The summed E-state index contributed by atoms with van der Waals surface area (Å²) < 4.78 is 30.4. The molecule has 0 aromatic heterocycles. The normalized spacial score (nSPS) is 22.7. The smallest absolute Gasteiger partial charge is 0.255 e. The monoisotopic (exact) mass is 340 g/mol. The van der Waals surface area contributed by atoms with Gasteiger partial charge < -0.3 is 9.64 Å². The van der Waals surface area contributed by atoms with Gasteiger partial charge in [-0.15, -0.1) is 0 Å². The number of amides is 1. The Bertz CT molecular complexity index is 647. The summed E-state index contributed by atoms with van der Waals surface area (Å²) in [5.74, 6) is -0.193. The van der Waals surface area contributed by atoms with Crippen LogP contribution in [0, 0.1) is 0 Å². The van der Waals surface area contributed by atoms with Gasteiger partial charge in [0.05, 0.1) is 19.4 Å². The molecule has 0 saturated carbocycles. The standard InChI is InChI=1S/C16H24N2O4S/c1-16(13-18(11-12-22-16)23(3,20)21)15(19)17(2)10-9-14-7-5-4-6-8-14/h4-8H,9-13H2,1-3H3. The summed E-state index contributed by atoms with van der Waals surface area (Å²) >= 11 is 0. The summed E-state index contributed by atoms with van der Waals surface area (Å²) in [6, 6.07) is 9.92. The van der Waals surface area contributed by atoms with Crippen LogP contribution in [0.15, 0.2) is 30.3 Å². The van der Waals surface area contributed by atoms with Gasteiger partial charge in [-0.05, 0) is 18.9 Å². The second kappa shape index (κ2) is 6.98. The van der Waals surface area contributed by atoms with Crippen molar-refractivity contribution in [3.05, 3.63) is 35.9 Å². The zero-order valence-corrected chi connectivity index (χ0v) is 14.7. The number of sulfonamides is 1. The van der Waals surface area contributed by atoms with E-state index in [0.29, 0.717) is 6.54 Å². The van der Waals surface area contributed by atoms with Gasteiger partial charge in [0.2, 0.25) is 10.0 Å². The molecule has 1 aliphatic heterocycles. The summed E-state index contributed by atoms with van der Waals surface area (Å²) in [4.78, 5) is 14.3. The largest absolute Gasteiger partial charge is 0.363 e. The molecule has 1 heterocycles. The number of hydrogen-bond donors (Lipinski definition) is 0. The third-order valence-corrected chi connectivity index (χ3v) is 5.34. The number of hydrogen-bond acceptors (Lipinski definition) is 4. The molecule has 1 unspecified atom stereocenters. The second-order valence-corrected chi connectivity index (χ2v) is 8.12. The Morgan fingerprint density at radius 1 is 1.35 bits per heavy atom. The third-order valence-electron chi connectivity index (χ3n) is 4.09. The maximum Gasteiger partial charge on any atom is 0.255 e. The molecule has 1 fully saturated rings. The minimum absolute atomic E-state index is 0.0559. The van der Waals surface area contributed by atoms with E-state index in [4.69, 9.17) is 4.74 Å². The predicted molar refractivity (Wildman–Crippen MR) is 88.6 cm³/mol. The highest BCUT2D eigenvalue weighted by Crippen LogP contribution is 2.22. The van der Waals surface area contributed by atoms with Gasteiger partial charge in [-0.2, -0.15) is 4.31 Å². The first-order valence-electron chi connectivity index (χ1n) is 7.61. The zero-order valence-electron chi connectivity index (χ0n) is 13.9. The quantitative estimate of drug-likeness (QED) is 0.793. The molecule has 1 amide bonds. The minimum atomic E-state index is -3.33. The first-order chi connectivity index (χ1) is 10.7. The Hall–Kier alpha value is -1.44. The van der Waals surface area contributed by atoms with E-state index in [1.807, 2.05) is 30.3 Å². The fourth-order valence-electron chi connectivity index (χ4n) is 2.69. The van der Waals surface area contributed by atoms with Crippen LogP contribution in [0.4, 0.5) is 0 Å². The van der Waals surface area contributed by atoms with Gasteiger partial charge in [-0.25, -0.2) is 8.42 Å². The molecule has 6 nitrogen and oxygen atoms in total. The molecular formula is C16H24N2O4S. The van der Waals surface area contributed by atoms with Crippen LogP contribution in [-0.2, 0) is 26.0 Å². The van der Waals surface area contributed by atoms with Crippen molar-refractivity contribution in [1.29, 1.82) is 0 Å². The molecule has 1 aromatic carbocycles. The van der Waals surface area contributed by atoms with Gasteiger partial charge in [0.1, 0.15) is 0 Å². The van der Waals surface area contributed by atoms with Crippen LogP contribution in [0.5, 0.6) is 0 Å². The van der Waals surface area contributed by atoms with Crippen molar-refractivity contribution in [2.75, 3.05) is 39.5 Å². The Balaban J connectivity index is 2.00. The van der Waals surface area contributed by atoms with Crippen molar-refractivity contribution in [2.45, 2.75) is 18.9 Å². The number of likely N-dealkylation sites (N-methyl/N-ethyl adjacent to an activating group) is 1. The first-order valence-corrected chi connectivity index (χ1v) is 9.46. The fourth-order valence-corrected chi connectivity index (χ4v) is 3.58. The molecule has 1 atom stereocenters. The van der Waals surface area contributed by atoms with Crippen molar-refractivity contribution < 1.29 is 17.9 Å². The van der Waals surface area contributed by atoms with Crippen LogP contribution in [0.25, 0.3) is 0 Å². The highest BCUT2D eigenvalue weighted by atomic mass is 32.2. The molecule has 0 aliphatic carbocycles. The van der Waals surface area contributed by atoms with E-state index in [1.54, 1.807) is 18.9 Å². The summed E-state index contributed by atoms with van der Waals surface area (Å²) in [5.41, 5.74) is 0.0203. The zero-order chi connectivity index (χ0) is 17.1. The molecule has 1 aromatic rings. The van der Waals surface area contributed by atoms with E-state index in [1.165, 1.54) is 4.31 Å². The summed E-state index contributed by atoms with van der Waals surface area (Å²) in [6.45, 7) is 2.78. The van der Waals surface area contributed by atoms with Crippen LogP contribution in [0.1, 0.15) is 12.5 Å². The highest BCUT2D eigenvalue weighted by Gasteiger charge is 2.43. The lowest BCUT2D eigenvalue weighted by Gasteiger charge is -2.40. The topological polar surface area (TPSA) is 66.9 Å². The second-order valence-electron chi connectivity index (χ2n) is 6.14. The number of carbonyl (C=O) groups is 1. The van der Waals surface area contributed by atoms with Crippen LogP contribution in [0.3, 0.4) is 0 Å². The van der Waals surface area contributed by atoms with Crippen molar-refractivity contribution in [3.8, 4) is 0 Å². The van der Waals surface area contributed by atoms with Gasteiger partial charge in [-0.1, -0.05) is 30.3 Å². The molecular weight excluding hydrogens is 316 g/mol. The Labute approximate surface area is 138 Å². The summed E-state index contributed by atoms with van der Waals surface area (Å²) in [6.07, 6.45) is 1.90. The number of rotatable bonds is 5. The van der Waals surface area contributed by atoms with Crippen LogP contribution < -0.4 is 0 Å². The van der Waals surface area contributed by atoms with E-state index < -0.39 is 15.6 Å². The highest BCUT2D eigenvalue weighted by molar-refractivity contribution is 7.88. The van der Waals surface area contributed by atoms with E-state index in [0.717, 1.165) is 18.2 Å². The van der Waals surface area contributed by atoms with E-state index in [2.05, 4.69) is 0 Å². The lowest BCUT2D eigenvalue weighted by molar-refractivity contribution is -0.161. The first kappa shape index (κ1) is 17.9. The average Bonchev–Trinajstić information content (AvgIpc) is 2.52. The SMILES string of the molecule is CN(CCc1ccccc1)C(=O)C1(C)CN(S(C)(=O)=O)CCO1. The van der Waals surface area contributed by atoms with Crippen molar-refractivity contribution in [2.24, 2.45) is 0 Å². The van der Waals surface area contributed by atoms with E-state index in [9.17, 15) is 13.2 Å². The van der Waals surface area contributed by atoms with Crippen LogP contribution in [0.2, 0.25) is 0 Å². The lowest BCUT2D eigenvalue weighted by atomic mass is 10.0. The molecule has 128 valence electrons. The van der Waals surface area contributed by atoms with Gasteiger partial charge in [-0.3, -0.25) is 4.79 Å². The van der Waals surface area contributed by atoms with Gasteiger partial charge >= 0.3 is 0 Å². The number of morpholine rings is 1. The lowest BCUT2D eigenvalue weighted by Crippen LogP contribution is -2.59. The number of benzene rings is 1. The molecule has 0 radical (unpaired) electrons. The van der Waals surface area contributed by atoms with E-state index in [-0.39, 0.29) is 25.6 Å². The molecule has 0 bridgehead atoms. The molecule has 0 spiro atoms. The summed E-state index contributed by atoms with van der Waals surface area (Å²) in [5, 5.41) is 0. The molecule has 1 saturated heterocycles. The van der Waals surface area contributed by atoms with Gasteiger partial charge in [0.15, 0.2) is 5.60 Å². The third kappa shape index (κ3) is 4.53. The average molecular weight is 340 g/mol. The summed E-state index contributed by atoms with van der Waals surface area (Å²) in [7, 11) is -1.61. The molecule has 7 heteroatoms. The van der Waals surface area contributed by atoms with Crippen molar-refractivity contribution in [3.63, 3.8) is 0 Å². The van der Waals surface area contributed by atoms with Gasteiger partial charge in [0, 0.05) is 20.1 Å². The molecule has 0 N–H and O–H groups in total. The van der Waals surface area contributed by atoms with Crippen LogP contribution in [-0.4, -0.2) is 68.7 Å². The maximum atomic E-state index is 12.7. The Morgan fingerprint density at radius 2 is 2.00 bits per heavy atom. The minimum Gasteiger partial charge on any atom is -0.363 e. The molecule has 2 rings (SSSR count). The van der Waals surface area contributed by atoms with E-state index >= 15 is 0 Å². The molecule has 23 heavy (non-hydrogen) atoms. The van der Waals surface area contributed by atoms with Crippen molar-refractivity contribution >= 4 is 15.9 Å². The molecule has 1 aliphatic rings. The van der Waals surface area contributed by atoms with Crippen LogP contribution >= 0.6 is 0 Å². The number of carbonyl (C=O) groups excluding carboxylic acids is 1. The number of ether oxygens (including phenoxy) is 1. The maximum absolute atomic E-state index is 12.7. The Kier molecular flexibility index (Phi) is 5.44. The predicted octanol–water partition coefficient (Wildman–Crippen LogP) is 0.738. The number of nitrogens with zero attached hydrogens (tertiary/aromatic N) is 2. The van der Waals surface area contributed by atoms with Gasteiger partial charge in [0.25, 0.3) is 5.91 Å². The Morgan fingerprint density at radius 3 is 2.61 bits per heavy atom. The van der Waals surface area contributed by atoms with Crippen molar-refractivity contribution in [1.82, 2.24) is 9.21 Å². The fraction of sp³-hybridized carbons (Fsp3) is 0.562.